The number of aliphatic hydroxyl groups excluding tert-OH is 10. The molecule has 0 aliphatic carbocycles. The first-order valence-corrected chi connectivity index (χ1v) is 11.3. The molecular weight excluding hydrogens is 480 g/mol. The van der Waals surface area contributed by atoms with Gasteiger partial charge < -0.3 is 74.7 Å². The van der Waals surface area contributed by atoms with E-state index in [1.807, 2.05) is 0 Å². The van der Waals surface area contributed by atoms with Gasteiger partial charge in [0.2, 0.25) is 0 Å². The van der Waals surface area contributed by atoms with E-state index >= 15 is 0 Å². The molecule has 0 amide bonds. The fourth-order valence-electron chi connectivity index (χ4n) is 4.36. The Balaban J connectivity index is 1.68. The van der Waals surface area contributed by atoms with Gasteiger partial charge in [-0.15, -0.1) is 0 Å². The normalized spacial score (nSPS) is 50.7. The van der Waals surface area contributed by atoms with Crippen molar-refractivity contribution >= 4 is 0 Å². The van der Waals surface area contributed by atoms with Crippen molar-refractivity contribution in [2.75, 3.05) is 19.8 Å². The van der Waals surface area contributed by atoms with Crippen molar-refractivity contribution < 1.29 is 74.7 Å². The summed E-state index contributed by atoms with van der Waals surface area (Å²) in [6.07, 6.45) is -21.7. The minimum absolute atomic E-state index is 0.573. The van der Waals surface area contributed by atoms with E-state index in [0.717, 1.165) is 0 Å². The van der Waals surface area contributed by atoms with Crippen LogP contribution in [-0.4, -0.2) is 162 Å². The first-order chi connectivity index (χ1) is 16.3. The highest BCUT2D eigenvalue weighted by Crippen LogP contribution is 2.33. The largest absolute Gasteiger partial charge is 0.394 e. The number of rotatable bonds is 7. The van der Waals surface area contributed by atoms with Crippen molar-refractivity contribution in [2.24, 2.45) is 0 Å². The van der Waals surface area contributed by atoms with Crippen molar-refractivity contribution in [3.8, 4) is 0 Å². The topological polar surface area (TPSA) is 248 Å². The van der Waals surface area contributed by atoms with Crippen LogP contribution in [0.5, 0.6) is 0 Å². The summed E-state index contributed by atoms with van der Waals surface area (Å²) in [6, 6.07) is 0. The minimum Gasteiger partial charge on any atom is -0.394 e. The van der Waals surface area contributed by atoms with E-state index in [2.05, 4.69) is 0 Å². The number of aliphatic hydroxyl groups is 10. The molecule has 3 rings (SSSR count). The molecule has 35 heavy (non-hydrogen) atoms. The Morgan fingerprint density at radius 3 is 1.71 bits per heavy atom. The van der Waals surface area contributed by atoms with Gasteiger partial charge in [0, 0.05) is 0 Å². The summed E-state index contributed by atoms with van der Waals surface area (Å²) >= 11 is 0. The maximum Gasteiger partial charge on any atom is 0.187 e. The maximum absolute atomic E-state index is 10.5. The van der Waals surface area contributed by atoms with Crippen LogP contribution < -0.4 is 0 Å². The summed E-state index contributed by atoms with van der Waals surface area (Å²) in [7, 11) is 0. The van der Waals surface area contributed by atoms with Crippen LogP contribution in [-0.2, 0) is 23.7 Å². The second kappa shape index (κ2) is 11.4. The van der Waals surface area contributed by atoms with Crippen LogP contribution in [0.25, 0.3) is 0 Å². The Bertz CT molecular complexity index is 677. The molecule has 3 saturated heterocycles. The Morgan fingerprint density at radius 2 is 1.14 bits per heavy atom. The van der Waals surface area contributed by atoms with Gasteiger partial charge in [-0.3, -0.25) is 0 Å². The second-order valence-electron chi connectivity index (χ2n) is 9.52. The van der Waals surface area contributed by atoms with E-state index in [1.165, 1.54) is 13.8 Å². The van der Waals surface area contributed by atoms with E-state index < -0.39 is 111 Å². The summed E-state index contributed by atoms with van der Waals surface area (Å²) < 4.78 is 27.2. The van der Waals surface area contributed by atoms with Crippen LogP contribution in [0.1, 0.15) is 13.8 Å². The van der Waals surface area contributed by atoms with Gasteiger partial charge in [0.05, 0.1) is 25.4 Å². The molecule has 0 aromatic rings. The molecule has 14 atom stereocenters. The highest BCUT2D eigenvalue weighted by molar-refractivity contribution is 4.99. The predicted molar refractivity (Wildman–Crippen MR) is 109 cm³/mol. The van der Waals surface area contributed by atoms with Gasteiger partial charge >= 0.3 is 0 Å². The van der Waals surface area contributed by atoms with Gasteiger partial charge in [0.1, 0.15) is 73.2 Å². The third kappa shape index (κ3) is 5.79. The molecule has 3 aliphatic heterocycles. The van der Waals surface area contributed by atoms with Gasteiger partial charge in [0.25, 0.3) is 0 Å². The zero-order chi connectivity index (χ0) is 26.2. The monoisotopic (exact) mass is 516 g/mol. The van der Waals surface area contributed by atoms with Gasteiger partial charge in [-0.1, -0.05) is 0 Å². The van der Waals surface area contributed by atoms with Gasteiger partial charge in [-0.05, 0) is 13.8 Å². The Hall–Kier alpha value is -0.600. The SMILES string of the molecule is CC1(C)O[C@@H](CO)C(OC2OC(COC3OC(CO)C(O)C(O)C3O)C(O)C(O)C2O)C(O)C1O. The van der Waals surface area contributed by atoms with E-state index in [9.17, 15) is 51.1 Å². The predicted octanol–water partition coefficient (Wildman–Crippen LogP) is -6.11. The molecule has 3 fully saturated rings. The van der Waals surface area contributed by atoms with Crippen molar-refractivity contribution in [1.29, 1.82) is 0 Å². The minimum atomic E-state index is -1.81. The molecule has 15 nitrogen and oxygen atoms in total. The van der Waals surface area contributed by atoms with Crippen LogP contribution in [0, 0.1) is 0 Å². The molecule has 3 heterocycles. The molecule has 0 saturated carbocycles. The fraction of sp³-hybridized carbons (Fsp3) is 1.00. The third-order valence-corrected chi connectivity index (χ3v) is 6.61. The Morgan fingerprint density at radius 1 is 0.629 bits per heavy atom. The number of ether oxygens (including phenoxy) is 5. The molecule has 15 heteroatoms. The highest BCUT2D eigenvalue weighted by atomic mass is 16.7. The third-order valence-electron chi connectivity index (χ3n) is 6.61. The molecule has 0 radical (unpaired) electrons. The molecule has 0 aromatic heterocycles. The second-order valence-corrected chi connectivity index (χ2v) is 9.52. The zero-order valence-corrected chi connectivity index (χ0v) is 19.2. The lowest BCUT2D eigenvalue weighted by molar-refractivity contribution is -0.358. The standard InChI is InChI=1S/C20H36O15/c1-20(2)17(30)15(29)16(7(4-22)35-20)34-19-14(28)12(26)10(24)8(33-19)5-31-18-13(27)11(25)9(23)6(3-21)32-18/h6-19,21-30H,3-5H2,1-2H3/t6?,7-,8?,9?,10?,11?,12?,13?,14?,15?,16?,17?,18?,19?/m0/s1. The van der Waals surface area contributed by atoms with E-state index in [4.69, 9.17) is 23.7 Å². The lowest BCUT2D eigenvalue weighted by atomic mass is 9.87. The molecule has 206 valence electrons. The number of hydrogen-bond donors (Lipinski definition) is 10. The molecule has 0 aromatic carbocycles. The number of hydrogen-bond acceptors (Lipinski definition) is 15. The lowest BCUT2D eigenvalue weighted by Gasteiger charge is -2.49. The smallest absolute Gasteiger partial charge is 0.187 e. The molecule has 13 unspecified atom stereocenters. The average molecular weight is 516 g/mol. The van der Waals surface area contributed by atoms with Crippen LogP contribution >= 0.6 is 0 Å². The zero-order valence-electron chi connectivity index (χ0n) is 19.2. The first-order valence-electron chi connectivity index (χ1n) is 11.3. The molecular formula is C20H36O15. The van der Waals surface area contributed by atoms with Crippen LogP contribution in [0.2, 0.25) is 0 Å². The average Bonchev–Trinajstić information content (AvgIpc) is 2.83. The van der Waals surface area contributed by atoms with Crippen molar-refractivity contribution in [3.63, 3.8) is 0 Å². The van der Waals surface area contributed by atoms with Gasteiger partial charge in [-0.2, -0.15) is 0 Å². The van der Waals surface area contributed by atoms with E-state index in [-0.39, 0.29) is 0 Å². The van der Waals surface area contributed by atoms with E-state index in [1.54, 1.807) is 0 Å². The summed E-state index contributed by atoms with van der Waals surface area (Å²) in [6.45, 7) is 1.12. The van der Waals surface area contributed by atoms with Gasteiger partial charge in [0.15, 0.2) is 12.6 Å². The molecule has 3 aliphatic rings. The van der Waals surface area contributed by atoms with Crippen molar-refractivity contribution in [1.82, 2.24) is 0 Å². The summed E-state index contributed by atoms with van der Waals surface area (Å²) in [5.74, 6) is 0. The molecule has 0 spiro atoms. The maximum atomic E-state index is 10.5. The van der Waals surface area contributed by atoms with Crippen molar-refractivity contribution in [2.45, 2.75) is 105 Å². The van der Waals surface area contributed by atoms with Crippen LogP contribution in [0.4, 0.5) is 0 Å². The molecule has 0 bridgehead atoms. The van der Waals surface area contributed by atoms with Gasteiger partial charge in [-0.25, -0.2) is 0 Å². The summed E-state index contributed by atoms with van der Waals surface area (Å²) in [4.78, 5) is 0. The van der Waals surface area contributed by atoms with Crippen LogP contribution in [0.15, 0.2) is 0 Å². The Kier molecular flexibility index (Phi) is 9.45. The highest BCUT2D eigenvalue weighted by Gasteiger charge is 2.53. The quantitative estimate of drug-likeness (QED) is 0.151. The van der Waals surface area contributed by atoms with Crippen LogP contribution in [0.3, 0.4) is 0 Å². The summed E-state index contributed by atoms with van der Waals surface area (Å²) in [5.41, 5.74) is -1.23. The lowest BCUT2D eigenvalue weighted by Crippen LogP contribution is -2.66. The Labute approximate surface area is 200 Å². The fourth-order valence-corrected chi connectivity index (χ4v) is 4.36. The van der Waals surface area contributed by atoms with E-state index in [0.29, 0.717) is 0 Å². The molecule has 10 N–H and O–H groups in total. The van der Waals surface area contributed by atoms with Crippen molar-refractivity contribution in [3.05, 3.63) is 0 Å². The summed E-state index contributed by atoms with van der Waals surface area (Å²) in [5, 5.41) is 101. The first kappa shape index (κ1) is 29.0.